The lowest BCUT2D eigenvalue weighted by Crippen LogP contribution is -2.42. The molecule has 19 heavy (non-hydrogen) atoms. The van der Waals surface area contributed by atoms with Crippen molar-refractivity contribution in [1.29, 1.82) is 0 Å². The summed E-state index contributed by atoms with van der Waals surface area (Å²) in [6, 6.07) is 6.02. The fraction of sp³-hybridized carbons (Fsp3) is 0.500. The number of ether oxygens (including phenoxy) is 1. The van der Waals surface area contributed by atoms with Crippen molar-refractivity contribution in [2.45, 2.75) is 12.8 Å². The van der Waals surface area contributed by atoms with E-state index in [1.807, 2.05) is 0 Å². The largest absolute Gasteiger partial charge is 0.493 e. The van der Waals surface area contributed by atoms with E-state index in [4.69, 9.17) is 10.5 Å². The molecule has 1 aromatic carbocycles. The molecule has 1 saturated heterocycles. The van der Waals surface area contributed by atoms with Crippen molar-refractivity contribution in [2.24, 2.45) is 11.7 Å². The van der Waals surface area contributed by atoms with Crippen LogP contribution in [0.3, 0.4) is 0 Å². The summed E-state index contributed by atoms with van der Waals surface area (Å²) in [5, 5.41) is 0. The minimum Gasteiger partial charge on any atom is -0.493 e. The molecule has 0 radical (unpaired) electrons. The molecule has 0 aliphatic carbocycles. The summed E-state index contributed by atoms with van der Waals surface area (Å²) >= 11 is 0. The molecule has 0 unspecified atom stereocenters. The van der Waals surface area contributed by atoms with Crippen molar-refractivity contribution in [1.82, 2.24) is 4.90 Å². The molecule has 0 aromatic heterocycles. The maximum atomic E-state index is 12.7. The van der Waals surface area contributed by atoms with Crippen molar-refractivity contribution >= 4 is 5.91 Å². The maximum absolute atomic E-state index is 12.7. The number of piperidine rings is 1. The number of carbonyl (C=O) groups excluding carboxylic acids is 1. The topological polar surface area (TPSA) is 55.6 Å². The average Bonchev–Trinajstić information content (AvgIpc) is 2.38. The standard InChI is InChI=1S/C14H19FN2O2/c15-12-3-5-13(6-4-12)19-10-11-2-1-7-17(8-11)9-14(16)18/h3-6,11H,1-2,7-10H2,(H2,16,18)/t11-/m1/s1. The van der Waals surface area contributed by atoms with Gasteiger partial charge in [0, 0.05) is 12.5 Å². The van der Waals surface area contributed by atoms with Crippen LogP contribution in [0.25, 0.3) is 0 Å². The zero-order chi connectivity index (χ0) is 13.7. The van der Waals surface area contributed by atoms with E-state index in [9.17, 15) is 9.18 Å². The maximum Gasteiger partial charge on any atom is 0.231 e. The van der Waals surface area contributed by atoms with Gasteiger partial charge >= 0.3 is 0 Å². The third-order valence-electron chi connectivity index (χ3n) is 3.28. The molecule has 1 amide bonds. The number of halogens is 1. The molecule has 0 saturated carbocycles. The molecular weight excluding hydrogens is 247 g/mol. The van der Waals surface area contributed by atoms with E-state index in [-0.39, 0.29) is 11.7 Å². The van der Waals surface area contributed by atoms with Gasteiger partial charge in [-0.2, -0.15) is 0 Å². The number of amides is 1. The molecule has 1 aliphatic heterocycles. The van der Waals surface area contributed by atoms with Crippen LogP contribution in [0.5, 0.6) is 5.75 Å². The predicted octanol–water partition coefficient (Wildman–Crippen LogP) is 1.40. The zero-order valence-corrected chi connectivity index (χ0v) is 10.8. The predicted molar refractivity (Wildman–Crippen MR) is 70.3 cm³/mol. The van der Waals surface area contributed by atoms with Crippen LogP contribution in [0.4, 0.5) is 4.39 Å². The van der Waals surface area contributed by atoms with Crippen LogP contribution >= 0.6 is 0 Å². The lowest BCUT2D eigenvalue weighted by atomic mass is 9.99. The van der Waals surface area contributed by atoms with Gasteiger partial charge < -0.3 is 10.5 Å². The lowest BCUT2D eigenvalue weighted by molar-refractivity contribution is -0.119. The van der Waals surface area contributed by atoms with Gasteiger partial charge in [-0.3, -0.25) is 9.69 Å². The summed E-state index contributed by atoms with van der Waals surface area (Å²) in [5.74, 6) is 0.504. The van der Waals surface area contributed by atoms with Gasteiger partial charge in [0.2, 0.25) is 5.91 Å². The third-order valence-corrected chi connectivity index (χ3v) is 3.28. The van der Waals surface area contributed by atoms with Gasteiger partial charge in [-0.15, -0.1) is 0 Å². The minimum absolute atomic E-state index is 0.266. The molecule has 1 aromatic rings. The molecule has 0 spiro atoms. The molecule has 1 heterocycles. The lowest BCUT2D eigenvalue weighted by Gasteiger charge is -2.31. The van der Waals surface area contributed by atoms with Crippen LogP contribution in [0.1, 0.15) is 12.8 Å². The second-order valence-electron chi connectivity index (χ2n) is 4.97. The first-order valence-corrected chi connectivity index (χ1v) is 6.52. The van der Waals surface area contributed by atoms with E-state index in [0.717, 1.165) is 25.9 Å². The first-order valence-electron chi connectivity index (χ1n) is 6.52. The summed E-state index contributed by atoms with van der Waals surface area (Å²) < 4.78 is 18.4. The number of benzene rings is 1. The summed E-state index contributed by atoms with van der Waals surface area (Å²) in [7, 11) is 0. The van der Waals surface area contributed by atoms with Crippen LogP contribution in [-0.2, 0) is 4.79 Å². The summed E-state index contributed by atoms with van der Waals surface area (Å²) in [6.45, 7) is 2.63. The number of likely N-dealkylation sites (tertiary alicyclic amines) is 1. The van der Waals surface area contributed by atoms with Crippen molar-refractivity contribution < 1.29 is 13.9 Å². The summed E-state index contributed by atoms with van der Waals surface area (Å²) in [6.07, 6.45) is 2.13. The Morgan fingerprint density at radius 2 is 2.16 bits per heavy atom. The van der Waals surface area contributed by atoms with Crippen molar-refractivity contribution in [3.8, 4) is 5.75 Å². The number of carbonyl (C=O) groups is 1. The van der Waals surface area contributed by atoms with Crippen LogP contribution in [0, 0.1) is 11.7 Å². The second-order valence-corrected chi connectivity index (χ2v) is 4.97. The SMILES string of the molecule is NC(=O)CN1CCC[C@@H](COc2ccc(F)cc2)C1. The van der Waals surface area contributed by atoms with Gasteiger partial charge in [0.05, 0.1) is 13.2 Å². The van der Waals surface area contributed by atoms with E-state index in [1.165, 1.54) is 12.1 Å². The molecule has 1 fully saturated rings. The van der Waals surface area contributed by atoms with E-state index in [1.54, 1.807) is 12.1 Å². The molecule has 1 atom stereocenters. The second kappa shape index (κ2) is 6.52. The Balaban J connectivity index is 1.79. The van der Waals surface area contributed by atoms with Crippen LogP contribution < -0.4 is 10.5 Å². The van der Waals surface area contributed by atoms with Gasteiger partial charge in [0.1, 0.15) is 11.6 Å². The molecule has 0 bridgehead atoms. The Morgan fingerprint density at radius 3 is 2.84 bits per heavy atom. The van der Waals surface area contributed by atoms with E-state index >= 15 is 0 Å². The Kier molecular flexibility index (Phi) is 4.74. The first-order chi connectivity index (χ1) is 9.13. The van der Waals surface area contributed by atoms with Gasteiger partial charge in [-0.05, 0) is 43.7 Å². The van der Waals surface area contributed by atoms with Gasteiger partial charge in [-0.1, -0.05) is 0 Å². The van der Waals surface area contributed by atoms with E-state index in [0.29, 0.717) is 24.8 Å². The van der Waals surface area contributed by atoms with Crippen molar-refractivity contribution in [3.63, 3.8) is 0 Å². The van der Waals surface area contributed by atoms with Crippen LogP contribution in [0.15, 0.2) is 24.3 Å². The third kappa shape index (κ3) is 4.52. The van der Waals surface area contributed by atoms with Crippen molar-refractivity contribution in [3.05, 3.63) is 30.1 Å². The molecule has 2 N–H and O–H groups in total. The summed E-state index contributed by atoms with van der Waals surface area (Å²) in [4.78, 5) is 13.0. The Labute approximate surface area is 112 Å². The number of hydrogen-bond donors (Lipinski definition) is 1. The number of rotatable bonds is 5. The smallest absolute Gasteiger partial charge is 0.231 e. The number of nitrogens with zero attached hydrogens (tertiary/aromatic N) is 1. The summed E-state index contributed by atoms with van der Waals surface area (Å²) in [5.41, 5.74) is 5.20. The number of hydrogen-bond acceptors (Lipinski definition) is 3. The fourth-order valence-electron chi connectivity index (χ4n) is 2.40. The number of nitrogens with two attached hydrogens (primary N) is 1. The molecule has 104 valence electrons. The Bertz CT molecular complexity index is 422. The highest BCUT2D eigenvalue weighted by atomic mass is 19.1. The first kappa shape index (κ1) is 13.8. The fourth-order valence-corrected chi connectivity index (χ4v) is 2.40. The zero-order valence-electron chi connectivity index (χ0n) is 10.8. The molecule has 4 nitrogen and oxygen atoms in total. The average molecular weight is 266 g/mol. The Hall–Kier alpha value is -1.62. The van der Waals surface area contributed by atoms with Gasteiger partial charge in [-0.25, -0.2) is 4.39 Å². The molecule has 1 aliphatic rings. The normalized spacial score (nSPS) is 20.2. The Morgan fingerprint density at radius 1 is 1.42 bits per heavy atom. The minimum atomic E-state index is -0.292. The highest BCUT2D eigenvalue weighted by Gasteiger charge is 2.21. The van der Waals surface area contributed by atoms with Crippen molar-refractivity contribution in [2.75, 3.05) is 26.2 Å². The highest BCUT2D eigenvalue weighted by Crippen LogP contribution is 2.18. The molecular formula is C14H19FN2O2. The van der Waals surface area contributed by atoms with E-state index < -0.39 is 0 Å². The highest BCUT2D eigenvalue weighted by molar-refractivity contribution is 5.75. The van der Waals surface area contributed by atoms with Crippen LogP contribution in [-0.4, -0.2) is 37.0 Å². The number of primary amides is 1. The van der Waals surface area contributed by atoms with Gasteiger partial charge in [0.15, 0.2) is 0 Å². The quantitative estimate of drug-likeness (QED) is 0.876. The van der Waals surface area contributed by atoms with Gasteiger partial charge in [0.25, 0.3) is 0 Å². The van der Waals surface area contributed by atoms with E-state index in [2.05, 4.69) is 4.90 Å². The van der Waals surface area contributed by atoms with Crippen LogP contribution in [0.2, 0.25) is 0 Å². The molecule has 2 rings (SSSR count). The molecule has 5 heteroatoms. The monoisotopic (exact) mass is 266 g/mol.